The zero-order valence-electron chi connectivity index (χ0n) is 13.3. The fourth-order valence-corrected chi connectivity index (χ4v) is 6.78. The van der Waals surface area contributed by atoms with Crippen molar-refractivity contribution >= 4 is 12.4 Å². The highest BCUT2D eigenvalue weighted by atomic mass is 35.5. The summed E-state index contributed by atoms with van der Waals surface area (Å²) in [4.78, 5) is 2.68. The maximum Gasteiger partial charge on any atom is 0.00382 e. The van der Waals surface area contributed by atoms with E-state index in [0.29, 0.717) is 16.2 Å². The first kappa shape index (κ1) is 15.6. The van der Waals surface area contributed by atoms with E-state index >= 15 is 0 Å². The van der Waals surface area contributed by atoms with E-state index in [1.807, 2.05) is 0 Å². The van der Waals surface area contributed by atoms with Gasteiger partial charge in [0.15, 0.2) is 0 Å². The Morgan fingerprint density at radius 1 is 0.895 bits per heavy atom. The van der Waals surface area contributed by atoms with Crippen molar-refractivity contribution in [2.75, 3.05) is 19.6 Å². The van der Waals surface area contributed by atoms with Crippen LogP contribution < -0.4 is 0 Å². The monoisotopic (exact) mass is 285 g/mol. The van der Waals surface area contributed by atoms with Crippen LogP contribution in [0, 0.1) is 22.2 Å². The van der Waals surface area contributed by atoms with Gasteiger partial charge in [-0.2, -0.15) is 0 Å². The van der Waals surface area contributed by atoms with Crippen LogP contribution in [0.1, 0.15) is 66.2 Å². The molecule has 2 unspecified atom stereocenters. The number of rotatable bonds is 4. The minimum Gasteiger partial charge on any atom is -0.303 e. The van der Waals surface area contributed by atoms with Crippen LogP contribution in [0.3, 0.4) is 0 Å². The van der Waals surface area contributed by atoms with Gasteiger partial charge in [0.1, 0.15) is 0 Å². The third kappa shape index (κ3) is 2.70. The lowest BCUT2D eigenvalue weighted by atomic mass is 9.40. The fourth-order valence-electron chi connectivity index (χ4n) is 6.78. The predicted octanol–water partition coefficient (Wildman–Crippen LogP) is 4.75. The lowest BCUT2D eigenvalue weighted by Gasteiger charge is -2.66. The van der Waals surface area contributed by atoms with Crippen molar-refractivity contribution in [2.45, 2.75) is 66.2 Å². The lowest BCUT2D eigenvalue weighted by molar-refractivity contribution is -0.152. The molecule has 2 heteroatoms. The van der Waals surface area contributed by atoms with Crippen molar-refractivity contribution in [3.05, 3.63) is 0 Å². The van der Waals surface area contributed by atoms with E-state index in [9.17, 15) is 0 Å². The molecule has 0 aromatic heterocycles. The molecule has 2 atom stereocenters. The Hall–Kier alpha value is 0.250. The molecule has 0 radical (unpaired) electrons. The molecule has 4 bridgehead atoms. The highest BCUT2D eigenvalue weighted by molar-refractivity contribution is 5.85. The van der Waals surface area contributed by atoms with Crippen LogP contribution in [-0.2, 0) is 0 Å². The van der Waals surface area contributed by atoms with Crippen LogP contribution in [0.25, 0.3) is 0 Å². The number of nitrogens with zero attached hydrogens (tertiary/aromatic N) is 1. The van der Waals surface area contributed by atoms with E-state index in [0.717, 1.165) is 5.92 Å². The van der Waals surface area contributed by atoms with Crippen LogP contribution in [0.15, 0.2) is 0 Å². The van der Waals surface area contributed by atoms with E-state index in [-0.39, 0.29) is 12.4 Å². The van der Waals surface area contributed by atoms with Gasteiger partial charge in [-0.1, -0.05) is 27.7 Å². The summed E-state index contributed by atoms with van der Waals surface area (Å²) in [5.74, 6) is 1.05. The minimum absolute atomic E-state index is 0. The van der Waals surface area contributed by atoms with Gasteiger partial charge in [-0.3, -0.25) is 0 Å². The van der Waals surface area contributed by atoms with Crippen molar-refractivity contribution in [1.29, 1.82) is 0 Å². The molecule has 0 aromatic carbocycles. The van der Waals surface area contributed by atoms with Crippen LogP contribution >= 0.6 is 12.4 Å². The van der Waals surface area contributed by atoms with E-state index in [1.165, 1.54) is 58.2 Å². The molecule has 0 N–H and O–H groups in total. The molecule has 0 saturated heterocycles. The molecule has 19 heavy (non-hydrogen) atoms. The Morgan fingerprint density at radius 2 is 1.42 bits per heavy atom. The third-order valence-electron chi connectivity index (χ3n) is 6.20. The molecule has 0 heterocycles. The van der Waals surface area contributed by atoms with Gasteiger partial charge in [0.05, 0.1) is 0 Å². The average Bonchev–Trinajstić information content (AvgIpc) is 2.20. The van der Waals surface area contributed by atoms with Gasteiger partial charge in [0, 0.05) is 6.54 Å². The SMILES string of the molecule is CCN(CC)CC12CC3CC(C)(CC(C)(C3)C1)C2.Cl. The summed E-state index contributed by atoms with van der Waals surface area (Å²) in [6.45, 7) is 13.7. The minimum atomic E-state index is 0. The maximum atomic E-state index is 2.68. The molecule has 112 valence electrons. The quantitative estimate of drug-likeness (QED) is 0.721. The highest BCUT2D eigenvalue weighted by Crippen LogP contribution is 2.69. The molecule has 0 spiro atoms. The van der Waals surface area contributed by atoms with E-state index in [2.05, 4.69) is 32.6 Å². The zero-order chi connectivity index (χ0) is 13.0. The van der Waals surface area contributed by atoms with Crippen LogP contribution in [0.4, 0.5) is 0 Å². The summed E-state index contributed by atoms with van der Waals surface area (Å²) in [5.41, 5.74) is 2.04. The van der Waals surface area contributed by atoms with Gasteiger partial charge in [0.2, 0.25) is 0 Å². The largest absolute Gasteiger partial charge is 0.303 e. The summed E-state index contributed by atoms with van der Waals surface area (Å²) < 4.78 is 0. The maximum absolute atomic E-state index is 2.68. The first-order chi connectivity index (χ1) is 8.40. The Balaban J connectivity index is 0.00000133. The normalized spacial score (nSPS) is 47.5. The summed E-state index contributed by atoms with van der Waals surface area (Å²) in [6, 6.07) is 0. The smallest absolute Gasteiger partial charge is 0.00382 e. The number of halogens is 1. The highest BCUT2D eigenvalue weighted by Gasteiger charge is 2.59. The Morgan fingerprint density at radius 3 is 1.84 bits per heavy atom. The molecule has 0 aliphatic heterocycles. The molecule has 1 nitrogen and oxygen atoms in total. The van der Waals surface area contributed by atoms with Crippen LogP contribution in [0.5, 0.6) is 0 Å². The Bertz CT molecular complexity index is 318. The van der Waals surface area contributed by atoms with Gasteiger partial charge in [-0.25, -0.2) is 0 Å². The molecule has 4 aliphatic rings. The van der Waals surface area contributed by atoms with Gasteiger partial charge in [0.25, 0.3) is 0 Å². The van der Waals surface area contributed by atoms with Crippen molar-refractivity contribution in [3.63, 3.8) is 0 Å². The van der Waals surface area contributed by atoms with Gasteiger partial charge >= 0.3 is 0 Å². The first-order valence-corrected chi connectivity index (χ1v) is 8.12. The summed E-state index contributed by atoms with van der Waals surface area (Å²) >= 11 is 0. The molecule has 0 aromatic rings. The Kier molecular flexibility index (Phi) is 4.04. The summed E-state index contributed by atoms with van der Waals surface area (Å²) in [7, 11) is 0. The average molecular weight is 286 g/mol. The van der Waals surface area contributed by atoms with Crippen LogP contribution in [0.2, 0.25) is 0 Å². The predicted molar refractivity (Wildman–Crippen MR) is 84.9 cm³/mol. The van der Waals surface area contributed by atoms with Crippen molar-refractivity contribution in [2.24, 2.45) is 22.2 Å². The fraction of sp³-hybridized carbons (Fsp3) is 1.00. The Labute approximate surface area is 125 Å². The van der Waals surface area contributed by atoms with Gasteiger partial charge < -0.3 is 4.90 Å². The molecule has 4 rings (SSSR count). The molecule has 4 saturated carbocycles. The standard InChI is InChI=1S/C17H31N.ClH/c1-5-18(6-2)13-17-9-14-7-15(3,11-17)10-16(4,8-14)12-17;/h14H,5-13H2,1-4H3;1H. The lowest BCUT2D eigenvalue weighted by Crippen LogP contribution is -2.58. The molecular formula is C17H32ClN. The molecular weight excluding hydrogens is 254 g/mol. The summed E-state index contributed by atoms with van der Waals surface area (Å²) in [5, 5.41) is 0. The van der Waals surface area contributed by atoms with Crippen molar-refractivity contribution < 1.29 is 0 Å². The summed E-state index contributed by atoms with van der Waals surface area (Å²) in [6.07, 6.45) is 9.14. The first-order valence-electron chi connectivity index (χ1n) is 8.12. The van der Waals surface area contributed by atoms with Crippen molar-refractivity contribution in [3.8, 4) is 0 Å². The van der Waals surface area contributed by atoms with Crippen molar-refractivity contribution in [1.82, 2.24) is 4.90 Å². The second-order valence-corrected chi connectivity index (χ2v) is 8.59. The zero-order valence-corrected chi connectivity index (χ0v) is 14.1. The molecule has 0 amide bonds. The van der Waals surface area contributed by atoms with Crippen LogP contribution in [-0.4, -0.2) is 24.5 Å². The topological polar surface area (TPSA) is 3.24 Å². The second-order valence-electron chi connectivity index (χ2n) is 8.59. The van der Waals surface area contributed by atoms with Gasteiger partial charge in [-0.15, -0.1) is 12.4 Å². The van der Waals surface area contributed by atoms with E-state index < -0.39 is 0 Å². The molecule has 4 aliphatic carbocycles. The number of hydrogen-bond acceptors (Lipinski definition) is 1. The third-order valence-corrected chi connectivity index (χ3v) is 6.20. The van der Waals surface area contributed by atoms with E-state index in [4.69, 9.17) is 0 Å². The van der Waals surface area contributed by atoms with Gasteiger partial charge in [-0.05, 0) is 73.8 Å². The second kappa shape index (κ2) is 4.91. The van der Waals surface area contributed by atoms with E-state index in [1.54, 1.807) is 0 Å². The molecule has 4 fully saturated rings. The number of hydrogen-bond donors (Lipinski definition) is 0.